The van der Waals surface area contributed by atoms with Crippen molar-refractivity contribution in [3.63, 3.8) is 0 Å². The summed E-state index contributed by atoms with van der Waals surface area (Å²) in [7, 11) is 0. The zero-order valence-electron chi connectivity index (χ0n) is 14.9. The molecular weight excluding hydrogens is 304 g/mol. The van der Waals surface area contributed by atoms with E-state index in [-0.39, 0.29) is 24.6 Å². The molecule has 1 aromatic carbocycles. The van der Waals surface area contributed by atoms with E-state index in [0.717, 1.165) is 23.3 Å². The number of nitrogens with zero attached hydrogens (tertiary/aromatic N) is 1. The van der Waals surface area contributed by atoms with Crippen LogP contribution in [-0.2, 0) is 0 Å². The van der Waals surface area contributed by atoms with Gasteiger partial charge in [-0.25, -0.2) is 9.78 Å². The van der Waals surface area contributed by atoms with Crippen molar-refractivity contribution in [2.75, 3.05) is 6.61 Å². The molecule has 1 heterocycles. The van der Waals surface area contributed by atoms with Crippen LogP contribution in [0.4, 0.5) is 4.79 Å². The molecule has 2 unspecified atom stereocenters. The highest BCUT2D eigenvalue weighted by atomic mass is 16.3. The zero-order chi connectivity index (χ0) is 17.7. The lowest BCUT2D eigenvalue weighted by molar-refractivity contribution is 0.160. The van der Waals surface area contributed by atoms with Crippen molar-refractivity contribution in [3.8, 4) is 0 Å². The lowest BCUT2D eigenvalue weighted by Crippen LogP contribution is -2.53. The van der Waals surface area contributed by atoms with Crippen LogP contribution >= 0.6 is 0 Å². The lowest BCUT2D eigenvalue weighted by Gasteiger charge is -2.30. The summed E-state index contributed by atoms with van der Waals surface area (Å²) in [6, 6.07) is 7.27. The quantitative estimate of drug-likeness (QED) is 0.628. The Morgan fingerprint density at radius 3 is 2.67 bits per heavy atom. The monoisotopic (exact) mass is 332 g/mol. The first-order chi connectivity index (χ1) is 11.4. The van der Waals surface area contributed by atoms with Gasteiger partial charge >= 0.3 is 6.03 Å². The molecule has 2 rings (SSSR count). The third-order valence-corrected chi connectivity index (χ3v) is 4.22. The molecule has 0 spiro atoms. The van der Waals surface area contributed by atoms with Crippen LogP contribution in [-0.4, -0.2) is 33.3 Å². The summed E-state index contributed by atoms with van der Waals surface area (Å²) in [6.07, 6.45) is 1.60. The Balaban J connectivity index is 2.15. The van der Waals surface area contributed by atoms with Crippen molar-refractivity contribution in [1.29, 1.82) is 0 Å². The highest BCUT2D eigenvalue weighted by molar-refractivity contribution is 5.77. The fourth-order valence-corrected chi connectivity index (χ4v) is 2.85. The summed E-state index contributed by atoms with van der Waals surface area (Å²) in [5.74, 6) is 0.908. The number of aliphatic hydroxyl groups is 1. The van der Waals surface area contributed by atoms with Gasteiger partial charge in [-0.05, 0) is 31.4 Å². The molecule has 0 saturated heterocycles. The van der Waals surface area contributed by atoms with Crippen LogP contribution in [0.3, 0.4) is 0 Å². The van der Waals surface area contributed by atoms with E-state index in [9.17, 15) is 9.90 Å². The third-order valence-electron chi connectivity index (χ3n) is 4.22. The fraction of sp³-hybridized carbons (Fsp3) is 0.556. The second-order valence-electron chi connectivity index (χ2n) is 6.93. The minimum atomic E-state index is -0.617. The summed E-state index contributed by atoms with van der Waals surface area (Å²) in [4.78, 5) is 20.3. The van der Waals surface area contributed by atoms with Gasteiger partial charge in [-0.15, -0.1) is 0 Å². The molecule has 2 aromatic rings. The summed E-state index contributed by atoms with van der Waals surface area (Å²) in [5.41, 5.74) is 1.21. The molecule has 24 heavy (non-hydrogen) atoms. The van der Waals surface area contributed by atoms with Gasteiger partial charge in [0.15, 0.2) is 0 Å². The molecule has 4 N–H and O–H groups in total. The van der Waals surface area contributed by atoms with E-state index < -0.39 is 5.54 Å². The number of urea groups is 1. The highest BCUT2D eigenvalue weighted by Crippen LogP contribution is 2.22. The molecule has 2 amide bonds. The van der Waals surface area contributed by atoms with E-state index in [4.69, 9.17) is 0 Å². The summed E-state index contributed by atoms with van der Waals surface area (Å²) < 4.78 is 0. The van der Waals surface area contributed by atoms with E-state index in [2.05, 4.69) is 20.6 Å². The van der Waals surface area contributed by atoms with Crippen molar-refractivity contribution in [2.24, 2.45) is 5.92 Å². The molecule has 0 radical (unpaired) electrons. The number of nitrogens with one attached hydrogen (secondary N) is 3. The van der Waals surface area contributed by atoms with Gasteiger partial charge in [-0.2, -0.15) is 0 Å². The SMILES string of the molecule is CCCC(C)(CO)NC(=O)NC(c1nc2ccccc2[nH]1)C(C)C. The lowest BCUT2D eigenvalue weighted by atomic mass is 9.97. The Bertz CT molecular complexity index is 649. The number of aromatic amines is 1. The number of aliphatic hydroxyl groups excluding tert-OH is 1. The van der Waals surface area contributed by atoms with Crippen molar-refractivity contribution in [1.82, 2.24) is 20.6 Å². The van der Waals surface area contributed by atoms with Gasteiger partial charge in [0.1, 0.15) is 5.82 Å². The minimum absolute atomic E-state index is 0.0920. The topological polar surface area (TPSA) is 90.0 Å². The molecule has 1 aromatic heterocycles. The largest absolute Gasteiger partial charge is 0.394 e. The maximum absolute atomic E-state index is 12.4. The van der Waals surface area contributed by atoms with E-state index in [1.807, 2.05) is 52.0 Å². The molecule has 0 aliphatic heterocycles. The van der Waals surface area contributed by atoms with Gasteiger partial charge in [0.2, 0.25) is 0 Å². The number of benzene rings is 1. The number of aromatic nitrogens is 2. The number of fused-ring (bicyclic) bond motifs is 1. The summed E-state index contributed by atoms with van der Waals surface area (Å²) in [6.45, 7) is 7.86. The number of H-pyrrole nitrogens is 1. The number of amides is 2. The average Bonchev–Trinajstić information content (AvgIpc) is 2.96. The van der Waals surface area contributed by atoms with Gasteiger partial charge in [-0.3, -0.25) is 0 Å². The minimum Gasteiger partial charge on any atom is -0.394 e. The second kappa shape index (κ2) is 7.66. The van der Waals surface area contributed by atoms with E-state index in [0.29, 0.717) is 6.42 Å². The smallest absolute Gasteiger partial charge is 0.315 e. The molecule has 0 saturated carbocycles. The van der Waals surface area contributed by atoms with Gasteiger partial charge in [-0.1, -0.05) is 39.3 Å². The molecule has 2 atom stereocenters. The molecular formula is C18H28N4O2. The molecule has 0 aliphatic carbocycles. The Hall–Kier alpha value is -2.08. The van der Waals surface area contributed by atoms with E-state index in [1.165, 1.54) is 0 Å². The number of carbonyl (C=O) groups is 1. The van der Waals surface area contributed by atoms with Gasteiger partial charge < -0.3 is 20.7 Å². The first-order valence-electron chi connectivity index (χ1n) is 8.52. The molecule has 0 aliphatic rings. The summed E-state index contributed by atoms with van der Waals surface area (Å²) in [5, 5.41) is 15.4. The van der Waals surface area contributed by atoms with Crippen LogP contribution in [0.5, 0.6) is 0 Å². The second-order valence-corrected chi connectivity index (χ2v) is 6.93. The van der Waals surface area contributed by atoms with Gasteiger partial charge in [0.05, 0.1) is 29.2 Å². The molecule has 6 nitrogen and oxygen atoms in total. The normalized spacial score (nSPS) is 15.2. The zero-order valence-corrected chi connectivity index (χ0v) is 14.9. The maximum atomic E-state index is 12.4. The Kier molecular flexibility index (Phi) is 5.83. The molecule has 6 heteroatoms. The van der Waals surface area contributed by atoms with Crippen molar-refractivity contribution >= 4 is 17.1 Å². The number of carbonyl (C=O) groups excluding carboxylic acids is 1. The Morgan fingerprint density at radius 1 is 1.38 bits per heavy atom. The fourth-order valence-electron chi connectivity index (χ4n) is 2.85. The molecule has 0 bridgehead atoms. The van der Waals surface area contributed by atoms with Crippen LogP contribution in [0.1, 0.15) is 52.4 Å². The van der Waals surface area contributed by atoms with Crippen molar-refractivity contribution in [3.05, 3.63) is 30.1 Å². The number of hydrogen-bond donors (Lipinski definition) is 4. The van der Waals surface area contributed by atoms with Crippen molar-refractivity contribution < 1.29 is 9.90 Å². The first-order valence-corrected chi connectivity index (χ1v) is 8.52. The van der Waals surface area contributed by atoms with Crippen LogP contribution in [0.15, 0.2) is 24.3 Å². The Labute approximate surface area is 143 Å². The van der Waals surface area contributed by atoms with Gasteiger partial charge in [0.25, 0.3) is 0 Å². The third kappa shape index (κ3) is 4.26. The number of rotatable bonds is 7. The van der Waals surface area contributed by atoms with E-state index in [1.54, 1.807) is 0 Å². The summed E-state index contributed by atoms with van der Waals surface area (Å²) >= 11 is 0. The average molecular weight is 332 g/mol. The maximum Gasteiger partial charge on any atom is 0.315 e. The molecule has 132 valence electrons. The van der Waals surface area contributed by atoms with Crippen molar-refractivity contribution in [2.45, 2.75) is 52.1 Å². The number of para-hydroxylation sites is 2. The van der Waals surface area contributed by atoms with Crippen LogP contribution in [0.25, 0.3) is 11.0 Å². The number of hydrogen-bond acceptors (Lipinski definition) is 3. The standard InChI is InChI=1S/C18H28N4O2/c1-5-10-18(4,11-23)22-17(24)21-15(12(2)3)16-19-13-8-6-7-9-14(13)20-16/h6-9,12,15,23H,5,10-11H2,1-4H3,(H,19,20)(H2,21,22,24). The van der Waals surface area contributed by atoms with E-state index >= 15 is 0 Å². The van der Waals surface area contributed by atoms with Crippen LogP contribution in [0, 0.1) is 5.92 Å². The first kappa shape index (κ1) is 18.3. The highest BCUT2D eigenvalue weighted by Gasteiger charge is 2.27. The molecule has 0 fully saturated rings. The Morgan fingerprint density at radius 2 is 2.08 bits per heavy atom. The number of imidazole rings is 1. The predicted molar refractivity (Wildman–Crippen MR) is 95.7 cm³/mol. The van der Waals surface area contributed by atoms with Crippen LogP contribution in [0.2, 0.25) is 0 Å². The predicted octanol–water partition coefficient (Wildman–Crippen LogP) is 3.11. The van der Waals surface area contributed by atoms with Crippen LogP contribution < -0.4 is 10.6 Å². The van der Waals surface area contributed by atoms with Gasteiger partial charge in [0, 0.05) is 0 Å².